The Morgan fingerprint density at radius 2 is 1.88 bits per heavy atom. The number of nitrogen functional groups attached to an aromatic ring is 1. The van der Waals surface area contributed by atoms with E-state index in [-0.39, 0.29) is 28.3 Å². The van der Waals surface area contributed by atoms with Crippen molar-refractivity contribution in [2.24, 2.45) is 0 Å². The summed E-state index contributed by atoms with van der Waals surface area (Å²) in [5.74, 6) is -2.89. The van der Waals surface area contributed by atoms with E-state index in [0.717, 1.165) is 16.7 Å². The number of amides is 3. The number of benzene rings is 1. The zero-order chi connectivity index (χ0) is 18.5. The van der Waals surface area contributed by atoms with Crippen molar-refractivity contribution in [2.45, 2.75) is 13.8 Å². The summed E-state index contributed by atoms with van der Waals surface area (Å²) in [7, 11) is 0. The number of nitrogens with two attached hydrogens (primary N) is 1. The molecule has 128 valence electrons. The van der Waals surface area contributed by atoms with Crippen LogP contribution in [0.1, 0.15) is 33.2 Å². The lowest BCUT2D eigenvalue weighted by atomic mass is 10.1. The van der Waals surface area contributed by atoms with E-state index in [2.05, 4.69) is 5.32 Å². The molecular weight excluding hydrogens is 331 g/mol. The van der Waals surface area contributed by atoms with Crippen LogP contribution in [-0.4, -0.2) is 22.3 Å². The maximum absolute atomic E-state index is 13.9. The van der Waals surface area contributed by atoms with Gasteiger partial charge in [-0.2, -0.15) is 0 Å². The van der Waals surface area contributed by atoms with Crippen LogP contribution < -0.4 is 21.9 Å². The van der Waals surface area contributed by atoms with Gasteiger partial charge < -0.3 is 11.1 Å². The molecular formula is C16H13FN4O4. The van der Waals surface area contributed by atoms with Crippen LogP contribution in [0.15, 0.2) is 23.0 Å². The molecule has 8 nitrogen and oxygen atoms in total. The van der Waals surface area contributed by atoms with E-state index >= 15 is 0 Å². The van der Waals surface area contributed by atoms with Crippen LogP contribution in [0.4, 0.5) is 15.9 Å². The number of nitrogens with one attached hydrogen (secondary N) is 2. The molecule has 9 heteroatoms. The summed E-state index contributed by atoms with van der Waals surface area (Å²) in [5.41, 5.74) is 5.38. The highest BCUT2D eigenvalue weighted by atomic mass is 19.1. The van der Waals surface area contributed by atoms with E-state index in [0.29, 0.717) is 5.56 Å². The maximum Gasteiger partial charge on any atom is 0.262 e. The molecule has 3 rings (SSSR count). The molecule has 0 aliphatic carbocycles. The molecule has 2 aromatic rings. The topological polar surface area (TPSA) is 123 Å². The predicted molar refractivity (Wildman–Crippen MR) is 87.2 cm³/mol. The molecule has 1 aromatic carbocycles. The number of rotatable bonds is 2. The predicted octanol–water partition coefficient (Wildman–Crippen LogP) is 0.709. The first-order valence-electron chi connectivity index (χ1n) is 7.20. The fraction of sp³-hybridized carbons (Fsp3) is 0.125. The first-order chi connectivity index (χ1) is 11.7. The number of pyridine rings is 1. The van der Waals surface area contributed by atoms with Gasteiger partial charge in [-0.25, -0.2) is 4.39 Å². The molecule has 0 radical (unpaired) electrons. The number of hydrogen-bond acceptors (Lipinski definition) is 5. The van der Waals surface area contributed by atoms with Crippen molar-refractivity contribution in [1.29, 1.82) is 0 Å². The molecule has 25 heavy (non-hydrogen) atoms. The molecule has 0 spiro atoms. The number of carbonyl (C=O) groups excluding carboxylic acids is 3. The van der Waals surface area contributed by atoms with Crippen molar-refractivity contribution in [1.82, 2.24) is 9.88 Å². The van der Waals surface area contributed by atoms with Gasteiger partial charge in [0.2, 0.25) is 5.91 Å². The molecule has 1 aliphatic rings. The summed E-state index contributed by atoms with van der Waals surface area (Å²) in [5, 5.41) is 4.57. The number of nitrogens with zero attached hydrogens (tertiary/aromatic N) is 1. The molecule has 1 aromatic heterocycles. The lowest BCUT2D eigenvalue weighted by Crippen LogP contribution is -2.25. The van der Waals surface area contributed by atoms with Crippen molar-refractivity contribution in [2.75, 3.05) is 11.1 Å². The monoisotopic (exact) mass is 344 g/mol. The van der Waals surface area contributed by atoms with Gasteiger partial charge in [0.15, 0.2) is 0 Å². The SMILES string of the molecule is CC(=O)Nc1c(C)cc(F)cc1-n1c(N)c2c(cc1=O)C(=O)NC2=O. The number of hydrogen-bond donors (Lipinski definition) is 3. The average Bonchev–Trinajstić information content (AvgIpc) is 2.76. The first-order valence-corrected chi connectivity index (χ1v) is 7.20. The minimum absolute atomic E-state index is 0.0369. The smallest absolute Gasteiger partial charge is 0.262 e. The minimum atomic E-state index is -0.750. The quantitative estimate of drug-likeness (QED) is 0.692. The third-order valence-corrected chi connectivity index (χ3v) is 3.77. The van der Waals surface area contributed by atoms with E-state index in [9.17, 15) is 23.6 Å². The molecule has 0 fully saturated rings. The number of halogens is 1. The number of aryl methyl sites for hydroxylation is 1. The fourth-order valence-corrected chi connectivity index (χ4v) is 2.77. The zero-order valence-electron chi connectivity index (χ0n) is 13.3. The number of anilines is 2. The van der Waals surface area contributed by atoms with Crippen LogP contribution in [0.25, 0.3) is 5.69 Å². The van der Waals surface area contributed by atoms with E-state index in [1.54, 1.807) is 6.92 Å². The number of carbonyl (C=O) groups is 3. The molecule has 4 N–H and O–H groups in total. The van der Waals surface area contributed by atoms with Gasteiger partial charge in [0.25, 0.3) is 17.4 Å². The van der Waals surface area contributed by atoms with Gasteiger partial charge in [-0.1, -0.05) is 0 Å². The summed E-state index contributed by atoms with van der Waals surface area (Å²) in [6.07, 6.45) is 0. The van der Waals surface area contributed by atoms with E-state index < -0.39 is 29.1 Å². The summed E-state index contributed by atoms with van der Waals surface area (Å²) in [6, 6.07) is 3.14. The third-order valence-electron chi connectivity index (χ3n) is 3.77. The largest absolute Gasteiger partial charge is 0.384 e. The Bertz CT molecular complexity index is 1030. The van der Waals surface area contributed by atoms with Crippen molar-refractivity contribution >= 4 is 29.2 Å². The minimum Gasteiger partial charge on any atom is -0.384 e. The third kappa shape index (κ3) is 2.55. The van der Waals surface area contributed by atoms with E-state index in [1.807, 2.05) is 5.32 Å². The van der Waals surface area contributed by atoms with Gasteiger partial charge in [0.05, 0.1) is 22.5 Å². The highest BCUT2D eigenvalue weighted by Crippen LogP contribution is 2.29. The second-order valence-corrected chi connectivity index (χ2v) is 5.57. The number of fused-ring (bicyclic) bond motifs is 1. The van der Waals surface area contributed by atoms with Crippen LogP contribution in [-0.2, 0) is 4.79 Å². The fourth-order valence-electron chi connectivity index (χ4n) is 2.77. The molecule has 0 saturated carbocycles. The van der Waals surface area contributed by atoms with Crippen molar-refractivity contribution in [3.8, 4) is 5.69 Å². The molecule has 0 bridgehead atoms. The van der Waals surface area contributed by atoms with Crippen LogP contribution in [0.3, 0.4) is 0 Å². The summed E-state index contributed by atoms with van der Waals surface area (Å²) < 4.78 is 14.8. The molecule has 1 aliphatic heterocycles. The van der Waals surface area contributed by atoms with Crippen LogP contribution >= 0.6 is 0 Å². The Kier molecular flexibility index (Phi) is 3.63. The van der Waals surface area contributed by atoms with Gasteiger partial charge in [0.1, 0.15) is 11.6 Å². The highest BCUT2D eigenvalue weighted by molar-refractivity contribution is 6.23. The van der Waals surface area contributed by atoms with Crippen LogP contribution in [0, 0.1) is 12.7 Å². The molecule has 0 atom stereocenters. The second-order valence-electron chi connectivity index (χ2n) is 5.57. The zero-order valence-corrected chi connectivity index (χ0v) is 13.3. The molecule has 0 saturated heterocycles. The van der Waals surface area contributed by atoms with Crippen molar-refractivity contribution in [3.63, 3.8) is 0 Å². The van der Waals surface area contributed by atoms with Gasteiger partial charge >= 0.3 is 0 Å². The first kappa shape index (κ1) is 16.4. The van der Waals surface area contributed by atoms with E-state index in [1.165, 1.54) is 13.0 Å². The average molecular weight is 344 g/mol. The lowest BCUT2D eigenvalue weighted by molar-refractivity contribution is -0.114. The highest BCUT2D eigenvalue weighted by Gasteiger charge is 2.32. The number of aromatic nitrogens is 1. The summed E-state index contributed by atoms with van der Waals surface area (Å²) in [4.78, 5) is 47.5. The van der Waals surface area contributed by atoms with Gasteiger partial charge in [-0.05, 0) is 18.6 Å². The number of imide groups is 1. The Morgan fingerprint density at radius 3 is 2.52 bits per heavy atom. The standard InChI is InChI=1S/C16H13FN4O4/c1-6-3-8(17)4-10(13(6)19-7(2)22)21-11(23)5-9-12(14(21)18)16(25)20-15(9)24/h3-5H,18H2,1-2H3,(H,19,22)(H,20,24,25). The van der Waals surface area contributed by atoms with Crippen molar-refractivity contribution < 1.29 is 18.8 Å². The Labute approximate surface area is 140 Å². The molecule has 0 unspecified atom stereocenters. The Morgan fingerprint density at radius 1 is 1.20 bits per heavy atom. The molecule has 3 amide bonds. The van der Waals surface area contributed by atoms with Crippen LogP contribution in [0.5, 0.6) is 0 Å². The van der Waals surface area contributed by atoms with Gasteiger partial charge in [0, 0.05) is 19.1 Å². The van der Waals surface area contributed by atoms with E-state index in [4.69, 9.17) is 5.73 Å². The molecule has 2 heterocycles. The van der Waals surface area contributed by atoms with Crippen molar-refractivity contribution in [3.05, 3.63) is 51.1 Å². The lowest BCUT2D eigenvalue weighted by Gasteiger charge is -2.18. The summed E-state index contributed by atoms with van der Waals surface area (Å²) >= 11 is 0. The van der Waals surface area contributed by atoms with Gasteiger partial charge in [-0.15, -0.1) is 0 Å². The Balaban J connectivity index is 2.37. The summed E-state index contributed by atoms with van der Waals surface area (Å²) in [6.45, 7) is 2.80. The van der Waals surface area contributed by atoms with Gasteiger partial charge in [-0.3, -0.25) is 29.1 Å². The maximum atomic E-state index is 13.9. The second kappa shape index (κ2) is 5.55. The Hall–Kier alpha value is -3.49. The normalized spacial score (nSPS) is 12.8. The van der Waals surface area contributed by atoms with Crippen LogP contribution in [0.2, 0.25) is 0 Å².